The number of halogens is 1. The molecule has 0 saturated carbocycles. The largest absolute Gasteiger partial charge is 0.508 e. The molecule has 0 saturated heterocycles. The van der Waals surface area contributed by atoms with Gasteiger partial charge < -0.3 is 20.1 Å². The SMILES string of the molecule is Oc1ccc(Br)cc1[C@H](O)CC=C=C(COc1ccccc1)C[C@@H](O)c1cccs1. The first-order valence-electron chi connectivity index (χ1n) is 9.51. The maximum absolute atomic E-state index is 10.5. The van der Waals surface area contributed by atoms with Crippen molar-refractivity contribution in [3.63, 3.8) is 0 Å². The average Bonchev–Trinajstić information content (AvgIpc) is 3.29. The van der Waals surface area contributed by atoms with Gasteiger partial charge in [-0.25, -0.2) is 0 Å². The second-order valence-electron chi connectivity index (χ2n) is 6.74. The Kier molecular flexibility index (Phi) is 8.31. The van der Waals surface area contributed by atoms with Crippen molar-refractivity contribution in [2.45, 2.75) is 25.0 Å². The molecule has 1 heterocycles. The van der Waals surface area contributed by atoms with E-state index in [-0.39, 0.29) is 18.8 Å². The van der Waals surface area contributed by atoms with E-state index >= 15 is 0 Å². The number of phenols is 1. The first kappa shape index (κ1) is 22.3. The summed E-state index contributed by atoms with van der Waals surface area (Å²) >= 11 is 4.85. The van der Waals surface area contributed by atoms with Crippen LogP contribution in [0.1, 0.15) is 35.5 Å². The first-order chi connectivity index (χ1) is 14.5. The summed E-state index contributed by atoms with van der Waals surface area (Å²) in [7, 11) is 0. The van der Waals surface area contributed by atoms with Crippen molar-refractivity contribution in [1.82, 2.24) is 0 Å². The molecule has 3 aromatic rings. The van der Waals surface area contributed by atoms with Crippen molar-refractivity contribution in [2.24, 2.45) is 0 Å². The van der Waals surface area contributed by atoms with E-state index in [2.05, 4.69) is 21.7 Å². The smallest absolute Gasteiger partial charge is 0.121 e. The van der Waals surface area contributed by atoms with E-state index in [9.17, 15) is 15.3 Å². The molecule has 1 aromatic heterocycles. The molecule has 0 spiro atoms. The lowest BCUT2D eigenvalue weighted by molar-refractivity contribution is 0.176. The second-order valence-corrected chi connectivity index (χ2v) is 8.64. The van der Waals surface area contributed by atoms with E-state index in [0.717, 1.165) is 20.7 Å². The zero-order valence-corrected chi connectivity index (χ0v) is 18.6. The average molecular weight is 487 g/mol. The minimum absolute atomic E-state index is 0.0452. The molecular weight excluding hydrogens is 464 g/mol. The Morgan fingerprint density at radius 3 is 2.60 bits per heavy atom. The quantitative estimate of drug-likeness (QED) is 0.328. The van der Waals surface area contributed by atoms with Crippen LogP contribution in [0.3, 0.4) is 0 Å². The van der Waals surface area contributed by atoms with E-state index in [1.165, 1.54) is 11.3 Å². The monoisotopic (exact) mass is 486 g/mol. The number of aromatic hydroxyl groups is 1. The zero-order chi connectivity index (χ0) is 21.3. The van der Waals surface area contributed by atoms with E-state index in [1.807, 2.05) is 47.8 Å². The summed E-state index contributed by atoms with van der Waals surface area (Å²) in [5.74, 6) is 0.783. The Labute approximate surface area is 188 Å². The van der Waals surface area contributed by atoms with E-state index in [0.29, 0.717) is 12.0 Å². The Morgan fingerprint density at radius 2 is 1.87 bits per heavy atom. The summed E-state index contributed by atoms with van der Waals surface area (Å²) in [5, 5.41) is 32.9. The molecule has 0 aliphatic rings. The van der Waals surface area contributed by atoms with Gasteiger partial charge in [-0.3, -0.25) is 0 Å². The number of benzene rings is 2. The molecule has 156 valence electrons. The maximum atomic E-state index is 10.5. The number of aliphatic hydroxyl groups excluding tert-OH is 2. The van der Waals surface area contributed by atoms with Gasteiger partial charge in [-0.05, 0) is 47.9 Å². The van der Waals surface area contributed by atoms with Crippen molar-refractivity contribution in [2.75, 3.05) is 6.61 Å². The topological polar surface area (TPSA) is 69.9 Å². The molecule has 4 nitrogen and oxygen atoms in total. The fourth-order valence-electron chi connectivity index (χ4n) is 2.90. The predicted molar refractivity (Wildman–Crippen MR) is 123 cm³/mol. The van der Waals surface area contributed by atoms with Crippen LogP contribution in [0.25, 0.3) is 0 Å². The van der Waals surface area contributed by atoms with Gasteiger partial charge in [0.15, 0.2) is 0 Å². The number of hydrogen-bond donors (Lipinski definition) is 3. The Balaban J connectivity index is 1.73. The number of phenolic OH excluding ortho intramolecular Hbond substituents is 1. The lowest BCUT2D eigenvalue weighted by Gasteiger charge is -2.13. The summed E-state index contributed by atoms with van der Waals surface area (Å²) in [6.45, 7) is 0.279. The maximum Gasteiger partial charge on any atom is 0.121 e. The second kappa shape index (κ2) is 11.2. The number of para-hydroxylation sites is 1. The van der Waals surface area contributed by atoms with Crippen LogP contribution in [0.2, 0.25) is 0 Å². The van der Waals surface area contributed by atoms with Gasteiger partial charge in [-0.2, -0.15) is 0 Å². The summed E-state index contributed by atoms with van der Waals surface area (Å²) in [5.41, 5.74) is 4.41. The molecule has 0 bridgehead atoms. The first-order valence-corrected chi connectivity index (χ1v) is 11.2. The number of rotatable bonds is 9. The van der Waals surface area contributed by atoms with Crippen LogP contribution in [0.5, 0.6) is 11.5 Å². The molecule has 0 amide bonds. The highest BCUT2D eigenvalue weighted by Gasteiger charge is 2.13. The number of thiophene rings is 1. The zero-order valence-electron chi connectivity index (χ0n) is 16.2. The molecule has 6 heteroatoms. The lowest BCUT2D eigenvalue weighted by Crippen LogP contribution is -2.05. The molecule has 3 N–H and O–H groups in total. The minimum atomic E-state index is -0.867. The molecule has 0 radical (unpaired) electrons. The highest BCUT2D eigenvalue weighted by atomic mass is 79.9. The Bertz CT molecular complexity index is 995. The van der Waals surface area contributed by atoms with Crippen LogP contribution in [0.4, 0.5) is 0 Å². The van der Waals surface area contributed by atoms with E-state index in [4.69, 9.17) is 4.74 Å². The van der Waals surface area contributed by atoms with Crippen LogP contribution in [0.15, 0.2) is 87.9 Å². The molecular formula is C24H23BrO4S. The van der Waals surface area contributed by atoms with Crippen molar-refractivity contribution >= 4 is 27.3 Å². The van der Waals surface area contributed by atoms with Crippen molar-refractivity contribution in [3.05, 3.63) is 98.3 Å². The molecule has 0 unspecified atom stereocenters. The van der Waals surface area contributed by atoms with Crippen LogP contribution in [0, 0.1) is 0 Å². The van der Waals surface area contributed by atoms with Gasteiger partial charge in [0, 0.05) is 33.3 Å². The van der Waals surface area contributed by atoms with Gasteiger partial charge in [0.05, 0.1) is 12.2 Å². The minimum Gasteiger partial charge on any atom is -0.508 e. The standard InChI is InChI=1S/C24H23BrO4S/c25-18-11-12-22(27)20(15-18)21(26)9-4-6-17(14-23(28)24-10-5-13-30-24)16-29-19-7-2-1-3-8-19/h1-5,7-8,10-13,15,21,23,26-28H,9,14,16H2/t6?,21-,23-/m1/s1. The Hall–Kier alpha value is -2.34. The summed E-state index contributed by atoms with van der Waals surface area (Å²) < 4.78 is 6.61. The number of aliphatic hydroxyl groups is 2. The molecule has 3 rings (SSSR count). The van der Waals surface area contributed by atoms with Crippen LogP contribution in [-0.4, -0.2) is 21.9 Å². The molecule has 30 heavy (non-hydrogen) atoms. The van der Waals surface area contributed by atoms with Gasteiger partial charge in [0.25, 0.3) is 0 Å². The van der Waals surface area contributed by atoms with Crippen molar-refractivity contribution in [3.8, 4) is 11.5 Å². The van der Waals surface area contributed by atoms with Crippen molar-refractivity contribution < 1.29 is 20.1 Å². The van der Waals surface area contributed by atoms with Gasteiger partial charge in [0.1, 0.15) is 18.1 Å². The third kappa shape index (κ3) is 6.59. The molecule has 0 aliphatic heterocycles. The highest BCUT2D eigenvalue weighted by Crippen LogP contribution is 2.30. The summed E-state index contributed by atoms with van der Waals surface area (Å²) in [6.07, 6.45) is 0.860. The third-order valence-corrected chi connectivity index (χ3v) is 5.93. The lowest BCUT2D eigenvalue weighted by atomic mass is 10.0. The number of ether oxygens (including phenoxy) is 1. The van der Waals surface area contributed by atoms with Gasteiger partial charge in [-0.15, -0.1) is 17.1 Å². The van der Waals surface area contributed by atoms with Crippen LogP contribution in [-0.2, 0) is 0 Å². The van der Waals surface area contributed by atoms with Crippen LogP contribution < -0.4 is 4.74 Å². The van der Waals surface area contributed by atoms with Crippen molar-refractivity contribution in [1.29, 1.82) is 0 Å². The normalized spacial score (nSPS) is 12.6. The number of hydrogen-bond acceptors (Lipinski definition) is 5. The predicted octanol–water partition coefficient (Wildman–Crippen LogP) is 5.92. The van der Waals surface area contributed by atoms with E-state index in [1.54, 1.807) is 24.3 Å². The summed E-state index contributed by atoms with van der Waals surface area (Å²) in [4.78, 5) is 0.883. The third-order valence-electron chi connectivity index (χ3n) is 4.46. The van der Waals surface area contributed by atoms with Gasteiger partial charge >= 0.3 is 0 Å². The van der Waals surface area contributed by atoms with Gasteiger partial charge in [0.2, 0.25) is 0 Å². The van der Waals surface area contributed by atoms with E-state index < -0.39 is 12.2 Å². The fraction of sp³-hybridized carbons (Fsp3) is 0.208. The summed E-state index contributed by atoms with van der Waals surface area (Å²) in [6, 6.07) is 18.2. The highest BCUT2D eigenvalue weighted by molar-refractivity contribution is 9.10. The van der Waals surface area contributed by atoms with Crippen LogP contribution >= 0.6 is 27.3 Å². The molecule has 0 fully saturated rings. The fourth-order valence-corrected chi connectivity index (χ4v) is 3.99. The molecule has 0 aliphatic carbocycles. The Morgan fingerprint density at radius 1 is 1.07 bits per heavy atom. The van der Waals surface area contributed by atoms with Gasteiger partial charge in [-0.1, -0.05) is 40.2 Å². The molecule has 2 atom stereocenters. The molecule has 2 aromatic carbocycles.